The van der Waals surface area contributed by atoms with Gasteiger partial charge >= 0.3 is 0 Å². The van der Waals surface area contributed by atoms with Gasteiger partial charge in [-0.1, -0.05) is 32.4 Å². The van der Waals surface area contributed by atoms with E-state index in [2.05, 4.69) is 12.2 Å². The first kappa shape index (κ1) is 13.4. The maximum absolute atomic E-state index is 12.2. The Bertz CT molecular complexity index is 510. The SMILES string of the molecule is CCCS(=O)(=O)c1ccccc1NC1CC1CC. The van der Waals surface area contributed by atoms with Crippen LogP contribution in [0, 0.1) is 5.92 Å². The molecule has 0 radical (unpaired) electrons. The summed E-state index contributed by atoms with van der Waals surface area (Å²) < 4.78 is 24.3. The highest BCUT2D eigenvalue weighted by molar-refractivity contribution is 7.91. The maximum atomic E-state index is 12.2. The lowest BCUT2D eigenvalue weighted by Gasteiger charge is -2.12. The highest BCUT2D eigenvalue weighted by Crippen LogP contribution is 2.37. The van der Waals surface area contributed by atoms with E-state index < -0.39 is 9.84 Å². The number of hydrogen-bond acceptors (Lipinski definition) is 3. The van der Waals surface area contributed by atoms with Crippen LogP contribution in [0.5, 0.6) is 0 Å². The third-order valence-corrected chi connectivity index (χ3v) is 5.45. The fraction of sp³-hybridized carbons (Fsp3) is 0.571. The number of benzene rings is 1. The van der Waals surface area contributed by atoms with Gasteiger partial charge in [-0.05, 0) is 30.9 Å². The van der Waals surface area contributed by atoms with E-state index in [9.17, 15) is 8.42 Å². The van der Waals surface area contributed by atoms with Gasteiger partial charge in [0.05, 0.1) is 16.3 Å². The van der Waals surface area contributed by atoms with Crippen LogP contribution in [0.4, 0.5) is 5.69 Å². The smallest absolute Gasteiger partial charge is 0.180 e. The molecule has 1 aromatic carbocycles. The zero-order chi connectivity index (χ0) is 13.2. The minimum atomic E-state index is -3.15. The summed E-state index contributed by atoms with van der Waals surface area (Å²) in [4.78, 5) is 0.452. The van der Waals surface area contributed by atoms with Crippen molar-refractivity contribution in [2.45, 2.75) is 44.0 Å². The lowest BCUT2D eigenvalue weighted by atomic mass is 10.3. The van der Waals surface area contributed by atoms with Crippen molar-refractivity contribution in [3.8, 4) is 0 Å². The fourth-order valence-electron chi connectivity index (χ4n) is 2.31. The summed E-state index contributed by atoms with van der Waals surface area (Å²) in [6.07, 6.45) is 2.96. The van der Waals surface area contributed by atoms with Crippen molar-refractivity contribution in [2.75, 3.05) is 11.1 Å². The molecule has 1 aliphatic rings. The van der Waals surface area contributed by atoms with Crippen molar-refractivity contribution >= 4 is 15.5 Å². The van der Waals surface area contributed by atoms with Gasteiger partial charge in [-0.3, -0.25) is 0 Å². The van der Waals surface area contributed by atoms with E-state index in [1.54, 1.807) is 12.1 Å². The molecule has 1 N–H and O–H groups in total. The number of para-hydroxylation sites is 1. The molecular weight excluding hydrogens is 246 g/mol. The molecule has 1 aromatic rings. The summed E-state index contributed by atoms with van der Waals surface area (Å²) in [6, 6.07) is 7.70. The predicted octanol–water partition coefficient (Wildman–Crippen LogP) is 3.08. The largest absolute Gasteiger partial charge is 0.381 e. The first-order valence-corrected chi connectivity index (χ1v) is 8.32. The molecule has 4 heteroatoms. The number of sulfone groups is 1. The second-order valence-electron chi connectivity index (χ2n) is 4.97. The third-order valence-electron chi connectivity index (χ3n) is 3.48. The van der Waals surface area contributed by atoms with Gasteiger partial charge in [0.2, 0.25) is 0 Å². The Morgan fingerprint density at radius 1 is 1.28 bits per heavy atom. The minimum absolute atomic E-state index is 0.216. The van der Waals surface area contributed by atoms with E-state index in [0.29, 0.717) is 23.3 Å². The molecule has 1 aliphatic carbocycles. The predicted molar refractivity (Wildman–Crippen MR) is 74.6 cm³/mol. The lowest BCUT2D eigenvalue weighted by Crippen LogP contribution is -2.12. The molecule has 0 heterocycles. The van der Waals surface area contributed by atoms with Crippen molar-refractivity contribution < 1.29 is 8.42 Å². The second-order valence-corrected chi connectivity index (χ2v) is 7.05. The quantitative estimate of drug-likeness (QED) is 0.861. The molecule has 0 amide bonds. The van der Waals surface area contributed by atoms with Gasteiger partial charge in [0, 0.05) is 6.04 Å². The Kier molecular flexibility index (Phi) is 3.95. The van der Waals surface area contributed by atoms with Crippen LogP contribution in [0.2, 0.25) is 0 Å². The maximum Gasteiger partial charge on any atom is 0.180 e. The third kappa shape index (κ3) is 2.86. The van der Waals surface area contributed by atoms with E-state index in [-0.39, 0.29) is 5.75 Å². The molecule has 18 heavy (non-hydrogen) atoms. The van der Waals surface area contributed by atoms with E-state index in [0.717, 1.165) is 18.5 Å². The monoisotopic (exact) mass is 267 g/mol. The molecule has 0 aromatic heterocycles. The Hall–Kier alpha value is -1.03. The van der Waals surface area contributed by atoms with Gasteiger partial charge in [0.25, 0.3) is 0 Å². The summed E-state index contributed by atoms with van der Waals surface area (Å²) in [5.74, 6) is 0.917. The standard InChI is InChI=1S/C14H21NO2S/c1-3-9-18(16,17)14-8-6-5-7-12(14)15-13-10-11(13)4-2/h5-8,11,13,15H,3-4,9-10H2,1-2H3. The van der Waals surface area contributed by atoms with E-state index in [1.807, 2.05) is 19.1 Å². The average Bonchev–Trinajstić information content (AvgIpc) is 3.08. The molecule has 3 nitrogen and oxygen atoms in total. The Morgan fingerprint density at radius 3 is 2.61 bits per heavy atom. The Morgan fingerprint density at radius 2 is 2.00 bits per heavy atom. The second kappa shape index (κ2) is 5.31. The van der Waals surface area contributed by atoms with Crippen LogP contribution in [0.1, 0.15) is 33.1 Å². The normalized spacial score (nSPS) is 22.8. The Balaban J connectivity index is 2.21. The number of anilines is 1. The molecule has 2 rings (SSSR count). The summed E-state index contributed by atoms with van der Waals surface area (Å²) in [5, 5.41) is 3.37. The van der Waals surface area contributed by atoms with Crippen LogP contribution in [-0.4, -0.2) is 20.2 Å². The summed E-state index contributed by atoms with van der Waals surface area (Å²) in [5.41, 5.74) is 0.770. The van der Waals surface area contributed by atoms with Crippen molar-refractivity contribution in [1.82, 2.24) is 0 Å². The van der Waals surface area contributed by atoms with Crippen LogP contribution in [0.15, 0.2) is 29.2 Å². The number of hydrogen-bond donors (Lipinski definition) is 1. The molecule has 1 saturated carbocycles. The van der Waals surface area contributed by atoms with Gasteiger partial charge in [-0.2, -0.15) is 0 Å². The van der Waals surface area contributed by atoms with Crippen molar-refractivity contribution in [1.29, 1.82) is 0 Å². The summed E-state index contributed by atoms with van der Waals surface area (Å²) >= 11 is 0. The molecule has 0 aliphatic heterocycles. The van der Waals surface area contributed by atoms with E-state index >= 15 is 0 Å². The first-order chi connectivity index (χ1) is 8.58. The molecule has 2 atom stereocenters. The van der Waals surface area contributed by atoms with Gasteiger partial charge in [0.1, 0.15) is 0 Å². The van der Waals surface area contributed by atoms with Gasteiger partial charge in [-0.25, -0.2) is 8.42 Å². The van der Waals surface area contributed by atoms with Gasteiger partial charge < -0.3 is 5.32 Å². The fourth-order valence-corrected chi connectivity index (χ4v) is 3.82. The van der Waals surface area contributed by atoms with Crippen LogP contribution in [-0.2, 0) is 9.84 Å². The molecule has 0 bridgehead atoms. The highest BCUT2D eigenvalue weighted by atomic mass is 32.2. The van der Waals surface area contributed by atoms with Crippen LogP contribution in [0.25, 0.3) is 0 Å². The van der Waals surface area contributed by atoms with Crippen LogP contribution < -0.4 is 5.32 Å². The highest BCUT2D eigenvalue weighted by Gasteiger charge is 2.36. The van der Waals surface area contributed by atoms with Gasteiger partial charge in [-0.15, -0.1) is 0 Å². The van der Waals surface area contributed by atoms with E-state index in [4.69, 9.17) is 0 Å². The molecule has 0 spiro atoms. The average molecular weight is 267 g/mol. The molecule has 0 saturated heterocycles. The number of nitrogens with one attached hydrogen (secondary N) is 1. The zero-order valence-electron chi connectivity index (χ0n) is 11.0. The topological polar surface area (TPSA) is 46.2 Å². The van der Waals surface area contributed by atoms with Crippen molar-refractivity contribution in [3.63, 3.8) is 0 Å². The Labute approximate surface area is 110 Å². The first-order valence-electron chi connectivity index (χ1n) is 6.66. The van der Waals surface area contributed by atoms with E-state index in [1.165, 1.54) is 0 Å². The number of rotatable bonds is 6. The van der Waals surface area contributed by atoms with Crippen molar-refractivity contribution in [3.05, 3.63) is 24.3 Å². The van der Waals surface area contributed by atoms with Crippen LogP contribution >= 0.6 is 0 Å². The molecule has 2 unspecified atom stereocenters. The molecule has 1 fully saturated rings. The minimum Gasteiger partial charge on any atom is -0.381 e. The molecule has 100 valence electrons. The van der Waals surface area contributed by atoms with Crippen molar-refractivity contribution in [2.24, 2.45) is 5.92 Å². The molecular formula is C14H21NO2S. The van der Waals surface area contributed by atoms with Gasteiger partial charge in [0.15, 0.2) is 9.84 Å². The zero-order valence-corrected chi connectivity index (χ0v) is 11.8. The summed E-state index contributed by atoms with van der Waals surface area (Å²) in [6.45, 7) is 4.06. The lowest BCUT2D eigenvalue weighted by molar-refractivity contribution is 0.595. The summed E-state index contributed by atoms with van der Waals surface area (Å²) in [7, 11) is -3.15. The van der Waals surface area contributed by atoms with Crippen LogP contribution in [0.3, 0.4) is 0 Å².